The summed E-state index contributed by atoms with van der Waals surface area (Å²) in [5.41, 5.74) is 0. The highest BCUT2D eigenvalue weighted by atomic mass is 32.2. The predicted molar refractivity (Wildman–Crippen MR) is 61.9 cm³/mol. The number of aromatic amines is 1. The second-order valence-electron chi connectivity index (χ2n) is 3.46. The first-order valence-electron chi connectivity index (χ1n) is 5.22. The normalized spacial score (nSPS) is 11.7. The van der Waals surface area contributed by atoms with E-state index in [-0.39, 0.29) is 18.0 Å². The summed E-state index contributed by atoms with van der Waals surface area (Å²) in [4.78, 5) is 14.0. The number of hydrogen-bond acceptors (Lipinski definition) is 4. The van der Waals surface area contributed by atoms with Gasteiger partial charge < -0.3 is 9.72 Å². The van der Waals surface area contributed by atoms with Gasteiger partial charge in [-0.3, -0.25) is 4.79 Å². The van der Waals surface area contributed by atoms with Crippen molar-refractivity contribution in [2.75, 3.05) is 20.2 Å². The van der Waals surface area contributed by atoms with Crippen molar-refractivity contribution in [2.45, 2.75) is 18.2 Å². The van der Waals surface area contributed by atoms with Gasteiger partial charge in [0, 0.05) is 18.9 Å². The van der Waals surface area contributed by atoms with Gasteiger partial charge in [0.1, 0.15) is 6.54 Å². The Kier molecular flexibility index (Phi) is 4.71. The van der Waals surface area contributed by atoms with Crippen LogP contribution >= 0.6 is 0 Å². The summed E-state index contributed by atoms with van der Waals surface area (Å²) in [6, 6.07) is 1.45. The minimum atomic E-state index is -3.62. The molecule has 0 spiro atoms. The molecule has 1 N–H and O–H groups in total. The fourth-order valence-corrected chi connectivity index (χ4v) is 2.81. The number of methoxy groups -OCH3 is 1. The van der Waals surface area contributed by atoms with Crippen molar-refractivity contribution in [1.29, 1.82) is 0 Å². The summed E-state index contributed by atoms with van der Waals surface area (Å²) < 4.78 is 29.9. The molecule has 6 nitrogen and oxygen atoms in total. The molecule has 0 aliphatic heterocycles. The van der Waals surface area contributed by atoms with Crippen LogP contribution in [0.1, 0.15) is 13.3 Å². The minimum absolute atomic E-state index is 0.148. The average molecular weight is 260 g/mol. The maximum atomic E-state index is 12.1. The summed E-state index contributed by atoms with van der Waals surface area (Å²) in [6.45, 7) is 1.86. The molecule has 7 heteroatoms. The molecule has 0 amide bonds. The third kappa shape index (κ3) is 3.31. The molecule has 0 saturated carbocycles. The Morgan fingerprint density at radius 3 is 2.71 bits per heavy atom. The number of H-pyrrole nitrogens is 1. The molecule has 0 atom stereocenters. The van der Waals surface area contributed by atoms with E-state index in [1.807, 2.05) is 6.92 Å². The van der Waals surface area contributed by atoms with Crippen molar-refractivity contribution >= 4 is 16.0 Å². The topological polar surface area (TPSA) is 79.5 Å². The summed E-state index contributed by atoms with van der Waals surface area (Å²) in [5, 5.41) is 0. The number of ether oxygens (including phenoxy) is 1. The number of sulfonamides is 1. The zero-order valence-electron chi connectivity index (χ0n) is 9.84. The Bertz CT molecular complexity index is 453. The number of carbonyl (C=O) groups excluding carboxylic acids is 1. The van der Waals surface area contributed by atoms with E-state index >= 15 is 0 Å². The lowest BCUT2D eigenvalue weighted by atomic mass is 10.5. The molecular formula is C10H16N2O4S. The number of carbonyl (C=O) groups is 1. The predicted octanol–water partition coefficient (Wildman–Crippen LogP) is 0.588. The van der Waals surface area contributed by atoms with E-state index in [1.165, 1.54) is 25.6 Å². The van der Waals surface area contributed by atoms with Crippen LogP contribution in [0, 0.1) is 0 Å². The van der Waals surface area contributed by atoms with E-state index in [1.54, 1.807) is 0 Å². The largest absolute Gasteiger partial charge is 0.468 e. The molecule has 1 aromatic rings. The van der Waals surface area contributed by atoms with E-state index in [0.29, 0.717) is 6.42 Å². The van der Waals surface area contributed by atoms with E-state index in [9.17, 15) is 13.2 Å². The van der Waals surface area contributed by atoms with E-state index in [2.05, 4.69) is 9.72 Å². The quantitative estimate of drug-likeness (QED) is 0.759. The molecule has 17 heavy (non-hydrogen) atoms. The van der Waals surface area contributed by atoms with Gasteiger partial charge in [0.2, 0.25) is 10.0 Å². The molecule has 0 aliphatic carbocycles. The van der Waals surface area contributed by atoms with Crippen molar-refractivity contribution in [3.8, 4) is 0 Å². The maximum absolute atomic E-state index is 12.1. The number of nitrogens with one attached hydrogen (secondary N) is 1. The molecule has 0 fully saturated rings. The monoisotopic (exact) mass is 260 g/mol. The molecule has 0 aromatic carbocycles. The molecule has 0 aliphatic rings. The lowest BCUT2D eigenvalue weighted by Crippen LogP contribution is -2.36. The Balaban J connectivity index is 2.94. The van der Waals surface area contributed by atoms with Gasteiger partial charge in [0.25, 0.3) is 0 Å². The summed E-state index contributed by atoms with van der Waals surface area (Å²) in [7, 11) is -2.39. The summed E-state index contributed by atoms with van der Waals surface area (Å²) >= 11 is 0. The Morgan fingerprint density at radius 1 is 1.53 bits per heavy atom. The molecule has 1 heterocycles. The fourth-order valence-electron chi connectivity index (χ4n) is 1.36. The molecule has 0 saturated heterocycles. The Labute approximate surface area is 101 Å². The molecule has 1 aromatic heterocycles. The summed E-state index contributed by atoms with van der Waals surface area (Å²) in [6.07, 6.45) is 3.53. The van der Waals surface area contributed by atoms with Crippen LogP contribution in [0.3, 0.4) is 0 Å². The Morgan fingerprint density at radius 2 is 2.24 bits per heavy atom. The molecule has 0 radical (unpaired) electrons. The highest BCUT2D eigenvalue weighted by molar-refractivity contribution is 7.89. The van der Waals surface area contributed by atoms with Crippen LogP contribution in [0.25, 0.3) is 0 Å². The van der Waals surface area contributed by atoms with Gasteiger partial charge in [-0.15, -0.1) is 0 Å². The van der Waals surface area contributed by atoms with Crippen molar-refractivity contribution in [1.82, 2.24) is 9.29 Å². The second-order valence-corrected chi connectivity index (χ2v) is 5.40. The smallest absolute Gasteiger partial charge is 0.321 e. The van der Waals surface area contributed by atoms with Gasteiger partial charge in [-0.25, -0.2) is 8.42 Å². The van der Waals surface area contributed by atoms with E-state index in [4.69, 9.17) is 0 Å². The van der Waals surface area contributed by atoms with E-state index < -0.39 is 16.0 Å². The van der Waals surface area contributed by atoms with Crippen LogP contribution in [-0.4, -0.2) is 43.9 Å². The lowest BCUT2D eigenvalue weighted by Gasteiger charge is -2.19. The molecule has 0 unspecified atom stereocenters. The number of esters is 1. The third-order valence-electron chi connectivity index (χ3n) is 2.21. The van der Waals surface area contributed by atoms with Gasteiger partial charge in [0.15, 0.2) is 0 Å². The number of aromatic nitrogens is 1. The average Bonchev–Trinajstić information content (AvgIpc) is 2.82. The zero-order chi connectivity index (χ0) is 12.9. The van der Waals surface area contributed by atoms with Gasteiger partial charge in [0.05, 0.1) is 12.0 Å². The first-order chi connectivity index (χ1) is 8.02. The standard InChI is InChI=1S/C10H16N2O4S/c1-3-6-12(8-10(13)16-2)17(14,15)9-4-5-11-7-9/h4-5,7,11H,3,6,8H2,1-2H3. The fraction of sp³-hybridized carbons (Fsp3) is 0.500. The van der Waals surface area contributed by atoms with Crippen molar-refractivity contribution in [2.24, 2.45) is 0 Å². The SMILES string of the molecule is CCCN(CC(=O)OC)S(=O)(=O)c1cc[nH]c1. The van der Waals surface area contributed by atoms with Crippen LogP contribution in [0.2, 0.25) is 0 Å². The third-order valence-corrected chi connectivity index (χ3v) is 4.05. The molecule has 96 valence electrons. The van der Waals surface area contributed by atoms with Crippen LogP contribution in [-0.2, 0) is 19.6 Å². The highest BCUT2D eigenvalue weighted by Crippen LogP contribution is 2.14. The van der Waals surface area contributed by atoms with Crippen LogP contribution < -0.4 is 0 Å². The highest BCUT2D eigenvalue weighted by Gasteiger charge is 2.26. The van der Waals surface area contributed by atoms with Gasteiger partial charge in [-0.05, 0) is 12.5 Å². The number of hydrogen-bond donors (Lipinski definition) is 1. The minimum Gasteiger partial charge on any atom is -0.468 e. The number of nitrogens with zero attached hydrogens (tertiary/aromatic N) is 1. The van der Waals surface area contributed by atoms with Crippen LogP contribution in [0.15, 0.2) is 23.4 Å². The van der Waals surface area contributed by atoms with Crippen molar-refractivity contribution < 1.29 is 17.9 Å². The molecular weight excluding hydrogens is 244 g/mol. The van der Waals surface area contributed by atoms with Gasteiger partial charge >= 0.3 is 5.97 Å². The lowest BCUT2D eigenvalue weighted by molar-refractivity contribution is -0.140. The van der Waals surface area contributed by atoms with Gasteiger partial charge in [-0.1, -0.05) is 6.92 Å². The van der Waals surface area contributed by atoms with Crippen LogP contribution in [0.5, 0.6) is 0 Å². The first kappa shape index (κ1) is 13.7. The Hall–Kier alpha value is -1.34. The van der Waals surface area contributed by atoms with E-state index in [0.717, 1.165) is 4.31 Å². The van der Waals surface area contributed by atoms with Crippen molar-refractivity contribution in [3.05, 3.63) is 18.5 Å². The first-order valence-corrected chi connectivity index (χ1v) is 6.66. The molecule has 1 rings (SSSR count). The van der Waals surface area contributed by atoms with Crippen molar-refractivity contribution in [3.63, 3.8) is 0 Å². The number of rotatable bonds is 6. The maximum Gasteiger partial charge on any atom is 0.321 e. The second kappa shape index (κ2) is 5.83. The molecule has 0 bridgehead atoms. The van der Waals surface area contributed by atoms with Crippen LogP contribution in [0.4, 0.5) is 0 Å². The zero-order valence-corrected chi connectivity index (χ0v) is 10.7. The van der Waals surface area contributed by atoms with Gasteiger partial charge in [-0.2, -0.15) is 4.31 Å². The summed E-state index contributed by atoms with van der Waals surface area (Å²) in [5.74, 6) is -0.572.